The van der Waals surface area contributed by atoms with Crippen LogP contribution in [0.3, 0.4) is 0 Å². The van der Waals surface area contributed by atoms with Crippen LogP contribution >= 0.6 is 0 Å². The summed E-state index contributed by atoms with van der Waals surface area (Å²) < 4.78 is 1.53. The molecule has 0 aromatic rings. The Bertz CT molecular complexity index is 373. The molecule has 137 valence electrons. The molecule has 0 radical (unpaired) electrons. The van der Waals surface area contributed by atoms with Crippen molar-refractivity contribution in [3.63, 3.8) is 0 Å². The molecule has 0 saturated carbocycles. The van der Waals surface area contributed by atoms with E-state index in [4.69, 9.17) is 0 Å². The van der Waals surface area contributed by atoms with Crippen LogP contribution in [-0.4, -0.2) is 14.1 Å². The van der Waals surface area contributed by atoms with Crippen molar-refractivity contribution in [2.45, 2.75) is 110 Å². The van der Waals surface area contributed by atoms with Crippen LogP contribution in [0, 0.1) is 5.41 Å². The van der Waals surface area contributed by atoms with Crippen LogP contribution in [0.1, 0.15) is 93.9 Å². The van der Waals surface area contributed by atoms with Crippen LogP contribution in [0.5, 0.6) is 0 Å². The summed E-state index contributed by atoms with van der Waals surface area (Å²) in [6.45, 7) is 18.3. The largest absolute Gasteiger partial charge is 0.261 e. The summed E-state index contributed by atoms with van der Waals surface area (Å²) in [5, 5.41) is 4.86. The minimum absolute atomic E-state index is 0.287. The van der Waals surface area contributed by atoms with Crippen molar-refractivity contribution in [3.8, 4) is 0 Å². The first-order valence-corrected chi connectivity index (χ1v) is 13.6. The minimum atomic E-state index is -0.287. The SMILES string of the molecule is CC1=C(C)C(C)(C)[C]([Ti])=C1C.CCC[CH2][Al]([CH2]CCC)[CH2]CCC. The van der Waals surface area contributed by atoms with Crippen molar-refractivity contribution in [3.05, 3.63) is 20.6 Å². The average Bonchev–Trinajstić information content (AvgIpc) is 2.70. The quantitative estimate of drug-likeness (QED) is 0.354. The van der Waals surface area contributed by atoms with E-state index in [1.807, 2.05) is 0 Å². The number of unbranched alkanes of at least 4 members (excludes halogenated alkanes) is 3. The van der Waals surface area contributed by atoms with Crippen molar-refractivity contribution in [1.82, 2.24) is 0 Å². The molecule has 0 atom stereocenters. The Balaban J connectivity index is 0.000000446. The maximum atomic E-state index is 2.32. The van der Waals surface area contributed by atoms with Gasteiger partial charge >= 0.3 is 81.1 Å². The van der Waals surface area contributed by atoms with Gasteiger partial charge in [-0.05, 0) is 0 Å². The number of hydrogen-bond donors (Lipinski definition) is 0. The van der Waals surface area contributed by atoms with Gasteiger partial charge < -0.3 is 0 Å². The second-order valence-electron chi connectivity index (χ2n) is 8.17. The molecule has 0 amide bonds. The fraction of sp³-hybridized carbons (Fsp3) is 0.818. The number of rotatable bonds is 9. The Morgan fingerprint density at radius 2 is 1.12 bits per heavy atom. The van der Waals surface area contributed by atoms with Crippen LogP contribution in [-0.2, 0) is 20.4 Å². The number of allylic oxidation sites excluding steroid dienone is 4. The van der Waals surface area contributed by atoms with Crippen LogP contribution in [0.25, 0.3) is 0 Å². The molecule has 24 heavy (non-hydrogen) atoms. The second-order valence-corrected chi connectivity index (χ2v) is 12.4. The Kier molecular flexibility index (Phi) is 13.4. The molecule has 0 aromatic carbocycles. The summed E-state index contributed by atoms with van der Waals surface area (Å²) >= 11 is 1.96. The zero-order chi connectivity index (χ0) is 18.8. The molecule has 1 rings (SSSR count). The molecule has 0 aliphatic heterocycles. The van der Waals surface area contributed by atoms with Gasteiger partial charge in [-0.3, -0.25) is 0 Å². The van der Waals surface area contributed by atoms with Gasteiger partial charge in [0.1, 0.15) is 0 Å². The molecule has 0 bridgehead atoms. The molecule has 1 aliphatic rings. The van der Waals surface area contributed by atoms with Gasteiger partial charge in [0.25, 0.3) is 14.1 Å². The summed E-state index contributed by atoms with van der Waals surface area (Å²) in [6, 6.07) is 0. The summed E-state index contributed by atoms with van der Waals surface area (Å²) in [5.74, 6) is 0. The van der Waals surface area contributed by atoms with Crippen molar-refractivity contribution >= 4 is 14.1 Å². The van der Waals surface area contributed by atoms with Crippen molar-refractivity contribution in [2.24, 2.45) is 5.41 Å². The van der Waals surface area contributed by atoms with E-state index in [0.717, 1.165) is 0 Å². The Morgan fingerprint density at radius 3 is 1.29 bits per heavy atom. The molecule has 0 nitrogen and oxygen atoms in total. The zero-order valence-corrected chi connectivity index (χ0v) is 20.7. The van der Waals surface area contributed by atoms with E-state index >= 15 is 0 Å². The third-order valence-corrected chi connectivity index (χ3v) is 11.2. The van der Waals surface area contributed by atoms with Gasteiger partial charge in [-0.2, -0.15) is 0 Å². The van der Waals surface area contributed by atoms with E-state index in [1.54, 1.807) is 15.8 Å². The monoisotopic (exact) mass is 381 g/mol. The van der Waals surface area contributed by atoms with E-state index in [1.165, 1.54) is 59.1 Å². The Labute approximate surface area is 169 Å². The molecule has 0 aromatic heterocycles. The van der Waals surface area contributed by atoms with E-state index < -0.39 is 0 Å². The third-order valence-electron chi connectivity index (χ3n) is 5.96. The summed E-state index contributed by atoms with van der Waals surface area (Å²) in [4.78, 5) is 0. The predicted molar refractivity (Wildman–Crippen MR) is 110 cm³/mol. The molecule has 0 spiro atoms. The van der Waals surface area contributed by atoms with E-state index in [-0.39, 0.29) is 14.1 Å². The van der Waals surface area contributed by atoms with Crippen molar-refractivity contribution < 1.29 is 20.4 Å². The molecule has 0 unspecified atom stereocenters. The van der Waals surface area contributed by atoms with Gasteiger partial charge in [0.15, 0.2) is 0 Å². The fourth-order valence-corrected chi connectivity index (χ4v) is 7.91. The van der Waals surface area contributed by atoms with Crippen LogP contribution in [0.15, 0.2) is 20.6 Å². The van der Waals surface area contributed by atoms with Crippen LogP contribution < -0.4 is 0 Å². The molecule has 2 heteroatoms. The van der Waals surface area contributed by atoms with Crippen molar-refractivity contribution in [1.29, 1.82) is 0 Å². The van der Waals surface area contributed by atoms with E-state index in [0.29, 0.717) is 5.41 Å². The standard InChI is InChI=1S/C10H15.3C4H9.Al.Ti/c1-7-6-10(4,5)9(3)8(7)2;3*1-3-4-2;;/h1-5H3;3*1,3-4H2,2H3;;. The van der Waals surface area contributed by atoms with Gasteiger partial charge in [-0.25, -0.2) is 0 Å². The van der Waals surface area contributed by atoms with Crippen LogP contribution in [0.2, 0.25) is 15.8 Å². The molecule has 0 saturated heterocycles. The van der Waals surface area contributed by atoms with Crippen LogP contribution in [0.4, 0.5) is 0 Å². The predicted octanol–water partition coefficient (Wildman–Crippen LogP) is 8.06. The van der Waals surface area contributed by atoms with Gasteiger partial charge in [-0.1, -0.05) is 75.1 Å². The summed E-state index contributed by atoms with van der Waals surface area (Å²) in [7, 11) is 0. The smallest absolute Gasteiger partial charge is 0.0939 e. The zero-order valence-electron chi connectivity index (χ0n) is 17.9. The topological polar surface area (TPSA) is 0 Å². The maximum absolute atomic E-state index is 2.32. The Hall–Kier alpha value is 0.727. The fourth-order valence-electron chi connectivity index (χ4n) is 3.51. The molecule has 0 N–H and O–H groups in total. The van der Waals surface area contributed by atoms with E-state index in [2.05, 4.69) is 75.8 Å². The van der Waals surface area contributed by atoms with E-state index in [9.17, 15) is 0 Å². The summed E-state index contributed by atoms with van der Waals surface area (Å²) in [6.07, 6.45) is 8.73. The van der Waals surface area contributed by atoms with Gasteiger partial charge in [-0.15, -0.1) is 0 Å². The maximum Gasteiger partial charge on any atom is 0.261 e. The second kappa shape index (κ2) is 13.0. The third kappa shape index (κ3) is 7.95. The first-order chi connectivity index (χ1) is 11.2. The van der Waals surface area contributed by atoms with Gasteiger partial charge in [0.2, 0.25) is 0 Å². The molecule has 0 heterocycles. The molecule has 1 aliphatic carbocycles. The Morgan fingerprint density at radius 1 is 0.750 bits per heavy atom. The van der Waals surface area contributed by atoms with Gasteiger partial charge in [0, 0.05) is 0 Å². The van der Waals surface area contributed by atoms with Crippen molar-refractivity contribution in [2.75, 3.05) is 0 Å². The molecular weight excluding hydrogens is 339 g/mol. The first kappa shape index (κ1) is 24.7. The normalized spacial score (nSPS) is 16.3. The molecular formula is C22H42AlTi. The minimum Gasteiger partial charge on any atom is -0.0939 e. The molecule has 0 fully saturated rings. The summed E-state index contributed by atoms with van der Waals surface area (Å²) in [5.41, 5.74) is 4.83. The average molecular weight is 381 g/mol. The number of hydrogen-bond acceptors (Lipinski definition) is 0. The first-order valence-electron chi connectivity index (χ1n) is 10.3. The van der Waals surface area contributed by atoms with Gasteiger partial charge in [0.05, 0.1) is 0 Å².